The molecule has 3 heterocycles. The third kappa shape index (κ3) is 4.46. The van der Waals surface area contributed by atoms with Crippen molar-refractivity contribution in [1.29, 1.82) is 0 Å². The fourth-order valence-corrected chi connectivity index (χ4v) is 4.29. The van der Waals surface area contributed by atoms with Gasteiger partial charge in [-0.15, -0.1) is 0 Å². The van der Waals surface area contributed by atoms with Gasteiger partial charge in [0.2, 0.25) is 0 Å². The molecule has 0 saturated carbocycles. The van der Waals surface area contributed by atoms with Crippen LogP contribution in [0.1, 0.15) is 57.0 Å². The summed E-state index contributed by atoms with van der Waals surface area (Å²) in [6.45, 7) is 9.70. The van der Waals surface area contributed by atoms with E-state index in [4.69, 9.17) is 26.8 Å². The number of benzene rings is 1. The Balaban J connectivity index is 1.80. The van der Waals surface area contributed by atoms with E-state index in [1.54, 1.807) is 25.5 Å². The van der Waals surface area contributed by atoms with Gasteiger partial charge in [-0.25, -0.2) is 23.8 Å². The van der Waals surface area contributed by atoms with Crippen molar-refractivity contribution in [3.05, 3.63) is 40.1 Å². The first-order chi connectivity index (χ1) is 16.0. The van der Waals surface area contributed by atoms with E-state index in [0.717, 1.165) is 0 Å². The molecule has 4 rings (SSSR count). The molecule has 0 saturated heterocycles. The van der Waals surface area contributed by atoms with Crippen molar-refractivity contribution in [3.63, 3.8) is 0 Å². The zero-order chi connectivity index (χ0) is 24.8. The van der Waals surface area contributed by atoms with E-state index in [-0.39, 0.29) is 17.1 Å². The number of carbonyl (C=O) groups is 1. The lowest BCUT2D eigenvalue weighted by atomic mass is 10.0. The number of hydrogen-bond acceptors (Lipinski definition) is 7. The second-order valence-electron chi connectivity index (χ2n) is 9.34. The van der Waals surface area contributed by atoms with Crippen LogP contribution in [0.4, 0.5) is 15.0 Å². The van der Waals surface area contributed by atoms with Crippen molar-refractivity contribution >= 4 is 34.5 Å². The summed E-state index contributed by atoms with van der Waals surface area (Å²) in [7, 11) is 0. The summed E-state index contributed by atoms with van der Waals surface area (Å²) in [4.78, 5) is 22.7. The number of fused-ring (bicyclic) bond motifs is 2. The van der Waals surface area contributed by atoms with Gasteiger partial charge in [-0.3, -0.25) is 0 Å². The van der Waals surface area contributed by atoms with E-state index in [0.29, 0.717) is 53.4 Å². The zero-order valence-electron chi connectivity index (χ0n) is 19.9. The fourth-order valence-electron chi connectivity index (χ4n) is 4.06. The van der Waals surface area contributed by atoms with Gasteiger partial charge in [-0.05, 0) is 47.1 Å². The van der Waals surface area contributed by atoms with Crippen LogP contribution in [-0.4, -0.2) is 49.5 Å². The zero-order valence-corrected chi connectivity index (χ0v) is 20.6. The Morgan fingerprint density at radius 3 is 2.79 bits per heavy atom. The van der Waals surface area contributed by atoms with Gasteiger partial charge < -0.3 is 20.1 Å². The summed E-state index contributed by atoms with van der Waals surface area (Å²) < 4.78 is 28.5. The third-order valence-corrected chi connectivity index (χ3v) is 5.90. The lowest BCUT2D eigenvalue weighted by Crippen LogP contribution is -2.38. The van der Waals surface area contributed by atoms with Crippen molar-refractivity contribution in [2.24, 2.45) is 0 Å². The Morgan fingerprint density at radius 2 is 2.09 bits per heavy atom. The number of ether oxygens (including phenoxy) is 2. The van der Waals surface area contributed by atoms with Crippen molar-refractivity contribution in [2.75, 3.05) is 18.9 Å². The van der Waals surface area contributed by atoms with Gasteiger partial charge in [0.15, 0.2) is 11.5 Å². The molecule has 2 aromatic heterocycles. The Labute approximate surface area is 202 Å². The summed E-state index contributed by atoms with van der Waals surface area (Å²) >= 11 is 6.32. The molecule has 2 N–H and O–H groups in total. The molecule has 1 aromatic carbocycles. The van der Waals surface area contributed by atoms with E-state index in [1.165, 1.54) is 17.3 Å². The van der Waals surface area contributed by atoms with E-state index in [2.05, 4.69) is 15.1 Å². The highest BCUT2D eigenvalue weighted by molar-refractivity contribution is 6.31. The largest absolute Gasteiger partial charge is 0.493 e. The van der Waals surface area contributed by atoms with Crippen molar-refractivity contribution in [3.8, 4) is 5.75 Å². The molecular weight excluding hydrogens is 463 g/mol. The lowest BCUT2D eigenvalue weighted by molar-refractivity contribution is 0.0212. The maximum absolute atomic E-state index is 15.3. The predicted molar refractivity (Wildman–Crippen MR) is 126 cm³/mol. The molecule has 0 fully saturated rings. The van der Waals surface area contributed by atoms with Crippen LogP contribution in [0.5, 0.6) is 5.75 Å². The van der Waals surface area contributed by atoms with Crippen molar-refractivity contribution in [1.82, 2.24) is 24.6 Å². The number of rotatable bonds is 2. The molecule has 0 bridgehead atoms. The molecule has 0 aliphatic carbocycles. The fraction of sp³-hybridized carbons (Fsp3) is 0.478. The Bertz CT molecular complexity index is 1260. The predicted octanol–water partition coefficient (Wildman–Crippen LogP) is 4.64. The monoisotopic (exact) mass is 490 g/mol. The first-order valence-corrected chi connectivity index (χ1v) is 11.4. The summed E-state index contributed by atoms with van der Waals surface area (Å²) in [5.74, 6) is 0.0415. The Hall–Kier alpha value is -3.14. The van der Waals surface area contributed by atoms with Gasteiger partial charge >= 0.3 is 6.09 Å². The van der Waals surface area contributed by atoms with Gasteiger partial charge in [0.05, 0.1) is 40.9 Å². The Morgan fingerprint density at radius 1 is 1.35 bits per heavy atom. The van der Waals surface area contributed by atoms with Gasteiger partial charge in [-0.2, -0.15) is 5.10 Å². The van der Waals surface area contributed by atoms with Crippen LogP contribution >= 0.6 is 11.6 Å². The number of hydrogen-bond donors (Lipinski definition) is 1. The SMILES string of the molecule is Cc1nn(C(C)c2cc(Cl)c(F)c3c2OCCCN(C(=O)OC(C)(C)C)C3)c2ncnc(N)c12. The van der Waals surface area contributed by atoms with Crippen LogP contribution in [0.25, 0.3) is 11.0 Å². The van der Waals surface area contributed by atoms with Crippen LogP contribution in [0.3, 0.4) is 0 Å². The molecule has 1 aliphatic heterocycles. The number of nitrogens with zero attached hydrogens (tertiary/aromatic N) is 5. The maximum Gasteiger partial charge on any atom is 0.410 e. The number of nitrogen functional groups attached to an aromatic ring is 1. The number of amides is 1. The van der Waals surface area contributed by atoms with Gasteiger partial charge in [0.1, 0.15) is 23.5 Å². The van der Waals surface area contributed by atoms with Crippen molar-refractivity contribution < 1.29 is 18.7 Å². The first-order valence-electron chi connectivity index (χ1n) is 11.0. The summed E-state index contributed by atoms with van der Waals surface area (Å²) in [5.41, 5.74) is 7.41. The average Bonchev–Trinajstić information content (AvgIpc) is 3.07. The quantitative estimate of drug-likeness (QED) is 0.557. The molecule has 34 heavy (non-hydrogen) atoms. The molecule has 3 aromatic rings. The number of anilines is 1. The molecule has 1 unspecified atom stereocenters. The van der Waals surface area contributed by atoms with Crippen LogP contribution in [0, 0.1) is 12.7 Å². The Kier molecular flexibility index (Phi) is 6.28. The highest BCUT2D eigenvalue weighted by atomic mass is 35.5. The number of halogens is 2. The molecule has 1 atom stereocenters. The molecule has 11 heteroatoms. The topological polar surface area (TPSA) is 108 Å². The molecule has 0 radical (unpaired) electrons. The van der Waals surface area contributed by atoms with Gasteiger partial charge in [0.25, 0.3) is 0 Å². The molecule has 1 aliphatic rings. The molecule has 1 amide bonds. The molecule has 182 valence electrons. The highest BCUT2D eigenvalue weighted by Gasteiger charge is 2.30. The first kappa shape index (κ1) is 24.0. The van der Waals surface area contributed by atoms with E-state index in [1.807, 2.05) is 13.8 Å². The van der Waals surface area contributed by atoms with Crippen LogP contribution in [-0.2, 0) is 11.3 Å². The van der Waals surface area contributed by atoms with Crippen LogP contribution in [0.2, 0.25) is 5.02 Å². The van der Waals surface area contributed by atoms with Crippen LogP contribution < -0.4 is 10.5 Å². The number of aryl methyl sites for hydroxylation is 1. The van der Waals surface area contributed by atoms with E-state index in [9.17, 15) is 4.79 Å². The second-order valence-corrected chi connectivity index (χ2v) is 9.74. The standard InChI is InChI=1S/C23H28ClFN6O3/c1-12-17-20(26)27-11-28-21(17)31(29-12)13(2)14-9-16(24)18(25)15-10-30(7-6-8-33-19(14)15)22(32)34-23(3,4)5/h9,11,13H,6-8,10H2,1-5H3,(H2,26,27,28). The van der Waals surface area contributed by atoms with Gasteiger partial charge in [-0.1, -0.05) is 11.6 Å². The third-order valence-electron chi connectivity index (χ3n) is 5.62. The van der Waals surface area contributed by atoms with Gasteiger partial charge in [0, 0.05) is 12.1 Å². The van der Waals surface area contributed by atoms with Crippen molar-refractivity contribution in [2.45, 2.75) is 59.2 Å². The number of carbonyl (C=O) groups excluding carboxylic acids is 1. The normalized spacial score (nSPS) is 15.3. The molecule has 0 spiro atoms. The number of aromatic nitrogens is 4. The minimum atomic E-state index is -0.673. The highest BCUT2D eigenvalue weighted by Crippen LogP contribution is 2.39. The lowest BCUT2D eigenvalue weighted by Gasteiger charge is -2.31. The summed E-state index contributed by atoms with van der Waals surface area (Å²) in [5, 5.41) is 5.19. The number of nitrogens with two attached hydrogens (primary N) is 1. The van der Waals surface area contributed by atoms with E-state index < -0.39 is 23.6 Å². The average molecular weight is 491 g/mol. The smallest absolute Gasteiger partial charge is 0.410 e. The van der Waals surface area contributed by atoms with E-state index >= 15 is 4.39 Å². The summed E-state index contributed by atoms with van der Waals surface area (Å²) in [6, 6.07) is 1.11. The summed E-state index contributed by atoms with van der Waals surface area (Å²) in [6.07, 6.45) is 1.42. The molecular formula is C23H28ClFN6O3. The molecule has 9 nitrogen and oxygen atoms in total. The minimum absolute atomic E-state index is 0.0373. The van der Waals surface area contributed by atoms with Crippen LogP contribution in [0.15, 0.2) is 12.4 Å². The minimum Gasteiger partial charge on any atom is -0.493 e. The maximum atomic E-state index is 15.3. The second kappa shape index (κ2) is 8.90.